The fourth-order valence-corrected chi connectivity index (χ4v) is 5.03. The van der Waals surface area contributed by atoms with E-state index in [1.165, 1.54) is 10.9 Å². The minimum atomic E-state index is -0.0222. The molecule has 0 bridgehead atoms. The highest BCUT2D eigenvalue weighted by atomic mass is 35.5. The number of aromatic nitrogens is 2. The first-order valence-corrected chi connectivity index (χ1v) is 11.0. The zero-order valence-electron chi connectivity index (χ0n) is 17.4. The lowest BCUT2D eigenvalue weighted by atomic mass is 9.83. The van der Waals surface area contributed by atoms with Gasteiger partial charge in [-0.15, -0.1) is 0 Å². The lowest BCUT2D eigenvalue weighted by molar-refractivity contribution is -0.134. The van der Waals surface area contributed by atoms with Crippen molar-refractivity contribution >= 4 is 28.4 Å². The number of amides is 1. The Bertz CT molecular complexity index is 1230. The Morgan fingerprint density at radius 3 is 2.65 bits per heavy atom. The minimum Gasteiger partial charge on any atom is -0.356 e. The number of hydrogen-bond donors (Lipinski definition) is 1. The number of rotatable bonds is 4. The van der Waals surface area contributed by atoms with E-state index in [1.54, 1.807) is 12.4 Å². The maximum Gasteiger partial charge on any atom is 0.223 e. The highest BCUT2D eigenvalue weighted by Crippen LogP contribution is 2.44. The zero-order chi connectivity index (χ0) is 21.4. The van der Waals surface area contributed by atoms with Crippen molar-refractivity contribution < 1.29 is 4.79 Å². The van der Waals surface area contributed by atoms with E-state index in [0.29, 0.717) is 19.4 Å². The van der Waals surface area contributed by atoms with E-state index >= 15 is 0 Å². The number of nitrogens with one attached hydrogen (secondary N) is 1. The van der Waals surface area contributed by atoms with E-state index < -0.39 is 0 Å². The first kappa shape index (κ1) is 19.8. The van der Waals surface area contributed by atoms with Crippen molar-refractivity contribution in [2.75, 3.05) is 6.54 Å². The highest BCUT2D eigenvalue weighted by molar-refractivity contribution is 6.31. The average molecular weight is 430 g/mol. The third-order valence-corrected chi connectivity index (χ3v) is 6.71. The predicted octanol–water partition coefficient (Wildman–Crippen LogP) is 5.88. The van der Waals surface area contributed by atoms with Crippen LogP contribution in [0.1, 0.15) is 47.7 Å². The van der Waals surface area contributed by atoms with Crippen LogP contribution in [0, 0.1) is 0 Å². The van der Waals surface area contributed by atoms with Crippen LogP contribution in [0.3, 0.4) is 0 Å². The summed E-state index contributed by atoms with van der Waals surface area (Å²) in [6.07, 6.45) is 4.72. The molecular formula is C26H24ClN3O. The van der Waals surface area contributed by atoms with E-state index in [0.717, 1.165) is 27.4 Å². The molecule has 5 rings (SSSR count). The van der Waals surface area contributed by atoms with Gasteiger partial charge in [0.05, 0.1) is 6.04 Å². The van der Waals surface area contributed by atoms with Gasteiger partial charge in [-0.1, -0.05) is 48.0 Å². The summed E-state index contributed by atoms with van der Waals surface area (Å²) in [5, 5.41) is 1.95. The predicted molar refractivity (Wildman–Crippen MR) is 124 cm³/mol. The molecule has 1 aliphatic rings. The summed E-state index contributed by atoms with van der Waals surface area (Å²) in [6.45, 7) is 2.73. The Kier molecular flexibility index (Phi) is 5.24. The fraction of sp³-hybridized carbons (Fsp3) is 0.231. The molecule has 1 N–H and O–H groups in total. The summed E-state index contributed by atoms with van der Waals surface area (Å²) in [7, 11) is 0. The SMILES string of the molecule is CC1c2[nH]c3ccccc3c2C(c2ccccc2Cl)CN1C(=O)CCc1ccncc1. The van der Waals surface area contributed by atoms with Crippen molar-refractivity contribution in [2.45, 2.75) is 31.7 Å². The van der Waals surface area contributed by atoms with E-state index in [2.05, 4.69) is 41.2 Å². The monoisotopic (exact) mass is 429 g/mol. The number of aryl methyl sites for hydroxylation is 1. The van der Waals surface area contributed by atoms with E-state index in [9.17, 15) is 4.79 Å². The Labute approximate surface area is 186 Å². The number of benzene rings is 2. The molecule has 0 radical (unpaired) electrons. The molecule has 5 heteroatoms. The zero-order valence-corrected chi connectivity index (χ0v) is 18.1. The molecule has 0 saturated carbocycles. The largest absolute Gasteiger partial charge is 0.356 e. The van der Waals surface area contributed by atoms with Crippen LogP contribution < -0.4 is 0 Å². The van der Waals surface area contributed by atoms with Gasteiger partial charge in [-0.05, 0) is 54.3 Å². The number of carbonyl (C=O) groups is 1. The van der Waals surface area contributed by atoms with Crippen LogP contribution in [0.25, 0.3) is 10.9 Å². The summed E-state index contributed by atoms with van der Waals surface area (Å²) in [5.41, 5.74) is 5.66. The number of carbonyl (C=O) groups excluding carboxylic acids is 1. The van der Waals surface area contributed by atoms with Crippen LogP contribution in [0.5, 0.6) is 0 Å². The smallest absolute Gasteiger partial charge is 0.223 e. The van der Waals surface area contributed by atoms with Gasteiger partial charge >= 0.3 is 0 Å². The number of para-hydroxylation sites is 1. The van der Waals surface area contributed by atoms with E-state index in [4.69, 9.17) is 11.6 Å². The Balaban J connectivity index is 1.53. The number of pyridine rings is 1. The summed E-state index contributed by atoms with van der Waals surface area (Å²) in [6, 6.07) is 20.2. The Hall–Kier alpha value is -3.11. The van der Waals surface area contributed by atoms with Gasteiger partial charge < -0.3 is 9.88 Å². The second kappa shape index (κ2) is 8.20. The van der Waals surface area contributed by atoms with Gasteiger partial charge in [0.1, 0.15) is 0 Å². The summed E-state index contributed by atoms with van der Waals surface area (Å²) >= 11 is 6.63. The maximum absolute atomic E-state index is 13.3. The number of hydrogen-bond acceptors (Lipinski definition) is 2. The molecule has 0 saturated heterocycles. The summed E-state index contributed by atoms with van der Waals surface area (Å²) in [5.74, 6) is 0.187. The van der Waals surface area contributed by atoms with Crippen molar-refractivity contribution in [2.24, 2.45) is 0 Å². The molecule has 1 aliphatic heterocycles. The van der Waals surface area contributed by atoms with Crippen LogP contribution >= 0.6 is 11.6 Å². The number of fused-ring (bicyclic) bond motifs is 3. The number of H-pyrrole nitrogens is 1. The molecule has 0 aliphatic carbocycles. The van der Waals surface area contributed by atoms with Crippen molar-refractivity contribution in [3.63, 3.8) is 0 Å². The molecule has 2 atom stereocenters. The van der Waals surface area contributed by atoms with Gasteiger partial charge in [0, 0.05) is 52.9 Å². The molecule has 2 aromatic heterocycles. The van der Waals surface area contributed by atoms with Crippen LogP contribution in [0.4, 0.5) is 0 Å². The normalized spacial score (nSPS) is 18.2. The van der Waals surface area contributed by atoms with Gasteiger partial charge in [-0.25, -0.2) is 0 Å². The second-order valence-electron chi connectivity index (χ2n) is 8.15. The third-order valence-electron chi connectivity index (χ3n) is 6.37. The highest BCUT2D eigenvalue weighted by Gasteiger charge is 2.37. The van der Waals surface area contributed by atoms with Crippen molar-refractivity contribution in [1.82, 2.24) is 14.9 Å². The maximum atomic E-state index is 13.3. The average Bonchev–Trinajstić information content (AvgIpc) is 3.20. The van der Waals surface area contributed by atoms with Gasteiger partial charge in [0.25, 0.3) is 0 Å². The molecule has 2 unspecified atom stereocenters. The molecule has 3 heterocycles. The van der Waals surface area contributed by atoms with Crippen molar-refractivity contribution in [3.8, 4) is 0 Å². The van der Waals surface area contributed by atoms with Gasteiger partial charge in [0.2, 0.25) is 5.91 Å². The molecule has 4 aromatic rings. The molecule has 156 valence electrons. The van der Waals surface area contributed by atoms with Crippen molar-refractivity contribution in [1.29, 1.82) is 0 Å². The van der Waals surface area contributed by atoms with Crippen LogP contribution in [-0.2, 0) is 11.2 Å². The second-order valence-corrected chi connectivity index (χ2v) is 8.56. The van der Waals surface area contributed by atoms with E-state index in [1.807, 2.05) is 41.3 Å². The van der Waals surface area contributed by atoms with Crippen LogP contribution in [0.15, 0.2) is 73.1 Å². The topological polar surface area (TPSA) is 49.0 Å². The Morgan fingerprint density at radius 2 is 1.84 bits per heavy atom. The molecule has 31 heavy (non-hydrogen) atoms. The molecule has 0 spiro atoms. The number of aromatic amines is 1. The molecule has 4 nitrogen and oxygen atoms in total. The standard InChI is InChI=1S/C26H24ClN3O/c1-17-26-25(20-7-3-5-9-23(20)29-26)21(19-6-2-4-8-22(19)27)16-30(17)24(31)11-10-18-12-14-28-15-13-18/h2-9,12-15,17,21,29H,10-11,16H2,1H3. The first-order chi connectivity index (χ1) is 15.1. The van der Waals surface area contributed by atoms with Crippen LogP contribution in [-0.4, -0.2) is 27.3 Å². The van der Waals surface area contributed by atoms with Crippen molar-refractivity contribution in [3.05, 3.63) is 100 Å². The molecule has 1 amide bonds. The van der Waals surface area contributed by atoms with E-state index in [-0.39, 0.29) is 17.9 Å². The van der Waals surface area contributed by atoms with Gasteiger partial charge in [-0.2, -0.15) is 0 Å². The number of nitrogens with zero attached hydrogens (tertiary/aromatic N) is 2. The first-order valence-electron chi connectivity index (χ1n) is 10.7. The van der Waals surface area contributed by atoms with Crippen LogP contribution in [0.2, 0.25) is 5.02 Å². The lowest BCUT2D eigenvalue weighted by Gasteiger charge is -2.39. The Morgan fingerprint density at radius 1 is 1.10 bits per heavy atom. The molecule has 0 fully saturated rings. The number of halogens is 1. The summed E-state index contributed by atoms with van der Waals surface area (Å²) < 4.78 is 0. The lowest BCUT2D eigenvalue weighted by Crippen LogP contribution is -2.41. The quantitative estimate of drug-likeness (QED) is 0.440. The summed E-state index contributed by atoms with van der Waals surface area (Å²) in [4.78, 5) is 23.0. The fourth-order valence-electron chi connectivity index (χ4n) is 4.77. The molecular weight excluding hydrogens is 406 g/mol. The van der Waals surface area contributed by atoms with Gasteiger partial charge in [-0.3, -0.25) is 9.78 Å². The van der Waals surface area contributed by atoms with Gasteiger partial charge in [0.15, 0.2) is 0 Å². The third kappa shape index (κ3) is 3.61. The minimum absolute atomic E-state index is 0.0222. The molecule has 2 aromatic carbocycles.